The van der Waals surface area contributed by atoms with Crippen LogP contribution in [-0.2, 0) is 0 Å². The van der Waals surface area contributed by atoms with E-state index >= 15 is 0 Å². The lowest BCUT2D eigenvalue weighted by Crippen LogP contribution is -2.04. The van der Waals surface area contributed by atoms with Gasteiger partial charge in [0.15, 0.2) is 23.3 Å². The minimum atomic E-state index is 0.541. The number of benzene rings is 8. The van der Waals surface area contributed by atoms with E-state index in [1.807, 2.05) is 97.1 Å². The first-order chi connectivity index (χ1) is 30.6. The standard InChI is InChI=1S/C56H38N6/c1-37-26-28-38(29-27-37)43-30-32-51-46(34-43)45-24-14-15-25-50(45)62(51)52-33-31-44(55-57-48(39-16-6-2-7-17-39)36-49(58-55)40-18-8-3-9-19-40)35-47(52)56-60-53(41-20-10-4-11-21-41)59-54(61-56)42-22-12-5-13-23-42/h2-36H,1H3. The molecule has 8 aromatic carbocycles. The summed E-state index contributed by atoms with van der Waals surface area (Å²) in [5.41, 5.74) is 13.8. The van der Waals surface area contributed by atoms with Crippen molar-refractivity contribution >= 4 is 21.8 Å². The van der Waals surface area contributed by atoms with Crippen LogP contribution in [0, 0.1) is 6.92 Å². The first-order valence-electron chi connectivity index (χ1n) is 20.8. The van der Waals surface area contributed by atoms with Crippen molar-refractivity contribution in [2.75, 3.05) is 0 Å². The van der Waals surface area contributed by atoms with Gasteiger partial charge in [0.25, 0.3) is 0 Å². The summed E-state index contributed by atoms with van der Waals surface area (Å²) in [6.45, 7) is 2.12. The monoisotopic (exact) mass is 794 g/mol. The van der Waals surface area contributed by atoms with Crippen LogP contribution < -0.4 is 0 Å². The maximum Gasteiger partial charge on any atom is 0.166 e. The van der Waals surface area contributed by atoms with Crippen molar-refractivity contribution < 1.29 is 0 Å². The maximum atomic E-state index is 5.28. The number of hydrogen-bond donors (Lipinski definition) is 0. The van der Waals surface area contributed by atoms with Gasteiger partial charge in [-0.15, -0.1) is 0 Å². The van der Waals surface area contributed by atoms with Gasteiger partial charge in [0, 0.05) is 44.2 Å². The van der Waals surface area contributed by atoms with Gasteiger partial charge in [0.2, 0.25) is 0 Å². The molecule has 3 heterocycles. The van der Waals surface area contributed by atoms with Gasteiger partial charge in [-0.05, 0) is 60.5 Å². The number of nitrogens with zero attached hydrogens (tertiary/aromatic N) is 6. The summed E-state index contributed by atoms with van der Waals surface area (Å²) in [6.07, 6.45) is 0. The molecular formula is C56H38N6. The number of aryl methyl sites for hydroxylation is 1. The lowest BCUT2D eigenvalue weighted by Gasteiger charge is -2.16. The van der Waals surface area contributed by atoms with Gasteiger partial charge in [-0.2, -0.15) is 0 Å². The maximum absolute atomic E-state index is 5.28. The molecule has 0 amide bonds. The van der Waals surface area contributed by atoms with Crippen molar-refractivity contribution in [1.29, 1.82) is 0 Å². The molecule has 0 fully saturated rings. The molecule has 0 saturated carbocycles. The van der Waals surface area contributed by atoms with E-state index < -0.39 is 0 Å². The molecule has 0 aliphatic rings. The van der Waals surface area contributed by atoms with E-state index in [1.165, 1.54) is 11.1 Å². The first-order valence-corrected chi connectivity index (χ1v) is 20.8. The SMILES string of the molecule is Cc1ccc(-c2ccc3c(c2)c2ccccc2n3-c2ccc(-c3nc(-c4ccccc4)cc(-c4ccccc4)n3)cc2-c2nc(-c3ccccc3)nc(-c3ccccc3)n2)cc1. The second-order valence-electron chi connectivity index (χ2n) is 15.4. The van der Waals surface area contributed by atoms with Crippen LogP contribution in [0.1, 0.15) is 5.56 Å². The van der Waals surface area contributed by atoms with E-state index in [1.54, 1.807) is 0 Å². The average molecular weight is 795 g/mol. The van der Waals surface area contributed by atoms with Crippen LogP contribution in [0.5, 0.6) is 0 Å². The molecule has 292 valence electrons. The molecule has 62 heavy (non-hydrogen) atoms. The molecule has 11 aromatic rings. The molecule has 6 heteroatoms. The molecule has 0 radical (unpaired) electrons. The van der Waals surface area contributed by atoms with Crippen molar-refractivity contribution in [3.63, 3.8) is 0 Å². The Balaban J connectivity index is 1.19. The Bertz CT molecular complexity index is 3270. The number of aromatic nitrogens is 6. The fraction of sp³-hybridized carbons (Fsp3) is 0.0179. The predicted octanol–water partition coefficient (Wildman–Crippen LogP) is 13.7. The molecule has 0 bridgehead atoms. The summed E-state index contributed by atoms with van der Waals surface area (Å²) in [6, 6.07) is 73.4. The second kappa shape index (κ2) is 15.7. The van der Waals surface area contributed by atoms with Gasteiger partial charge in [-0.1, -0.05) is 175 Å². The Kier molecular flexibility index (Phi) is 9.28. The van der Waals surface area contributed by atoms with Crippen LogP contribution in [0.15, 0.2) is 212 Å². The van der Waals surface area contributed by atoms with E-state index in [4.69, 9.17) is 24.9 Å². The largest absolute Gasteiger partial charge is 0.309 e. The molecule has 0 spiro atoms. The molecule has 3 aromatic heterocycles. The number of fused-ring (bicyclic) bond motifs is 3. The smallest absolute Gasteiger partial charge is 0.166 e. The van der Waals surface area contributed by atoms with Crippen LogP contribution in [-0.4, -0.2) is 29.5 Å². The number of hydrogen-bond acceptors (Lipinski definition) is 5. The van der Waals surface area contributed by atoms with Crippen molar-refractivity contribution in [3.05, 3.63) is 218 Å². The van der Waals surface area contributed by atoms with Crippen LogP contribution in [0.2, 0.25) is 0 Å². The van der Waals surface area contributed by atoms with Crippen molar-refractivity contribution in [3.8, 4) is 84.9 Å². The summed E-state index contributed by atoms with van der Waals surface area (Å²) in [5.74, 6) is 2.32. The van der Waals surface area contributed by atoms with E-state index in [2.05, 4.69) is 127 Å². The van der Waals surface area contributed by atoms with Crippen LogP contribution in [0.25, 0.3) is 107 Å². The van der Waals surface area contributed by atoms with Crippen molar-refractivity contribution in [1.82, 2.24) is 29.5 Å². The zero-order valence-corrected chi connectivity index (χ0v) is 33.9. The van der Waals surface area contributed by atoms with Gasteiger partial charge < -0.3 is 4.57 Å². The Morgan fingerprint density at radius 1 is 0.306 bits per heavy atom. The Morgan fingerprint density at radius 3 is 1.37 bits per heavy atom. The van der Waals surface area contributed by atoms with Crippen LogP contribution in [0.4, 0.5) is 0 Å². The van der Waals surface area contributed by atoms with E-state index in [-0.39, 0.29) is 0 Å². The Morgan fingerprint density at radius 2 is 0.774 bits per heavy atom. The lowest BCUT2D eigenvalue weighted by molar-refractivity contribution is 1.06. The highest BCUT2D eigenvalue weighted by Gasteiger charge is 2.22. The van der Waals surface area contributed by atoms with Gasteiger partial charge in [0.1, 0.15) is 0 Å². The fourth-order valence-electron chi connectivity index (χ4n) is 8.23. The summed E-state index contributed by atoms with van der Waals surface area (Å²) in [5, 5.41) is 2.31. The Hall–Kier alpha value is -8.35. The van der Waals surface area contributed by atoms with Gasteiger partial charge in [-0.25, -0.2) is 24.9 Å². The lowest BCUT2D eigenvalue weighted by atomic mass is 10.0. The summed E-state index contributed by atoms with van der Waals surface area (Å²) in [7, 11) is 0. The highest BCUT2D eigenvalue weighted by atomic mass is 15.1. The summed E-state index contributed by atoms with van der Waals surface area (Å²) in [4.78, 5) is 26.1. The van der Waals surface area contributed by atoms with E-state index in [9.17, 15) is 0 Å². The molecule has 0 saturated heterocycles. The molecule has 0 atom stereocenters. The third kappa shape index (κ3) is 6.89. The molecular weight excluding hydrogens is 757 g/mol. The molecule has 11 rings (SSSR count). The van der Waals surface area contributed by atoms with Crippen molar-refractivity contribution in [2.24, 2.45) is 0 Å². The second-order valence-corrected chi connectivity index (χ2v) is 15.4. The molecule has 0 aliphatic carbocycles. The summed E-state index contributed by atoms with van der Waals surface area (Å²) >= 11 is 0. The first kappa shape index (κ1) is 36.7. The average Bonchev–Trinajstić information content (AvgIpc) is 3.68. The normalized spacial score (nSPS) is 11.3. The highest BCUT2D eigenvalue weighted by Crippen LogP contribution is 2.40. The zero-order chi connectivity index (χ0) is 41.4. The predicted molar refractivity (Wildman–Crippen MR) is 253 cm³/mol. The Labute approximate surface area is 359 Å². The fourth-order valence-corrected chi connectivity index (χ4v) is 8.23. The van der Waals surface area contributed by atoms with E-state index in [0.717, 1.165) is 77.8 Å². The molecule has 6 nitrogen and oxygen atoms in total. The molecule has 0 unspecified atom stereocenters. The van der Waals surface area contributed by atoms with Crippen LogP contribution in [0.3, 0.4) is 0 Å². The molecule has 0 aliphatic heterocycles. The minimum Gasteiger partial charge on any atom is -0.309 e. The highest BCUT2D eigenvalue weighted by molar-refractivity contribution is 6.11. The van der Waals surface area contributed by atoms with Crippen molar-refractivity contribution in [2.45, 2.75) is 6.92 Å². The number of para-hydroxylation sites is 1. The number of rotatable bonds is 8. The van der Waals surface area contributed by atoms with Gasteiger partial charge in [0.05, 0.1) is 28.1 Å². The quantitative estimate of drug-likeness (QED) is 0.153. The van der Waals surface area contributed by atoms with E-state index in [0.29, 0.717) is 23.3 Å². The molecule has 0 N–H and O–H groups in total. The van der Waals surface area contributed by atoms with Gasteiger partial charge >= 0.3 is 0 Å². The third-order valence-corrected chi connectivity index (χ3v) is 11.4. The zero-order valence-electron chi connectivity index (χ0n) is 33.9. The van der Waals surface area contributed by atoms with Gasteiger partial charge in [-0.3, -0.25) is 0 Å². The third-order valence-electron chi connectivity index (χ3n) is 11.4. The topological polar surface area (TPSA) is 69.4 Å². The summed E-state index contributed by atoms with van der Waals surface area (Å²) < 4.78 is 2.34. The minimum absolute atomic E-state index is 0.541. The van der Waals surface area contributed by atoms with Crippen LogP contribution >= 0.6 is 0 Å².